The van der Waals surface area contributed by atoms with Crippen LogP contribution in [0.4, 0.5) is 0 Å². The van der Waals surface area contributed by atoms with E-state index >= 15 is 0 Å². The number of nitrogens with zero attached hydrogens (tertiary/aromatic N) is 3. The summed E-state index contributed by atoms with van der Waals surface area (Å²) in [5, 5.41) is 5.39. The molecule has 2 aromatic heterocycles. The number of benzene rings is 1. The molecule has 3 rings (SSSR count). The van der Waals surface area contributed by atoms with Crippen LogP contribution in [0.25, 0.3) is 11.4 Å². The van der Waals surface area contributed by atoms with Gasteiger partial charge >= 0.3 is 5.97 Å². The van der Waals surface area contributed by atoms with E-state index in [-0.39, 0.29) is 6.04 Å². The molecule has 148 valence electrons. The molecular weight excluding hydrogens is 419 g/mol. The number of aromatic nitrogens is 4. The first-order valence-corrected chi connectivity index (χ1v) is 9.83. The van der Waals surface area contributed by atoms with Gasteiger partial charge in [-0.25, -0.2) is 4.79 Å². The molecule has 1 N–H and O–H groups in total. The van der Waals surface area contributed by atoms with E-state index in [0.717, 1.165) is 11.3 Å². The number of H-pyrrole nitrogens is 1. The van der Waals surface area contributed by atoms with Gasteiger partial charge in [0.15, 0.2) is 10.5 Å². The number of nitrogens with one attached hydrogen (secondary N) is 1. The maximum absolute atomic E-state index is 12.7. The number of hydrogen-bond acceptors (Lipinski definition) is 4. The van der Waals surface area contributed by atoms with Gasteiger partial charge in [-0.05, 0) is 49.3 Å². The molecule has 1 aromatic carbocycles. The third-order valence-corrected chi connectivity index (χ3v) is 5.74. The molecule has 0 bridgehead atoms. The highest BCUT2D eigenvalue weighted by Crippen LogP contribution is 2.33. The lowest BCUT2D eigenvalue weighted by Crippen LogP contribution is -2.18. The molecule has 0 aliphatic rings. The molecule has 0 aliphatic heterocycles. The minimum absolute atomic E-state index is 0.230. The molecule has 28 heavy (non-hydrogen) atoms. The average Bonchev–Trinajstić information content (AvgIpc) is 3.18. The summed E-state index contributed by atoms with van der Waals surface area (Å²) in [6.07, 6.45) is 0.675. The molecule has 0 amide bonds. The topological polar surface area (TPSA) is 64.8 Å². The number of carbonyl (C=O) groups excluding carboxylic acids is 1. The van der Waals surface area contributed by atoms with Crippen LogP contribution in [0.5, 0.6) is 0 Å². The third-order valence-electron chi connectivity index (χ3n) is 4.70. The highest BCUT2D eigenvalue weighted by molar-refractivity contribution is 7.71. The van der Waals surface area contributed by atoms with Crippen molar-refractivity contribution in [3.8, 4) is 11.4 Å². The fraction of sp³-hybridized carbons (Fsp3) is 0.316. The number of hydrogen-bond donors (Lipinski definition) is 1. The second-order valence-electron chi connectivity index (χ2n) is 6.41. The Hall–Kier alpha value is -2.09. The maximum atomic E-state index is 12.7. The van der Waals surface area contributed by atoms with E-state index in [2.05, 4.69) is 10.1 Å². The lowest BCUT2D eigenvalue weighted by molar-refractivity contribution is 0.0587. The van der Waals surface area contributed by atoms with Crippen LogP contribution in [-0.4, -0.2) is 32.4 Å². The molecular formula is C19H20Cl2N4O2S. The summed E-state index contributed by atoms with van der Waals surface area (Å²) in [6, 6.07) is 7.06. The number of aromatic amines is 1. The van der Waals surface area contributed by atoms with Crippen LogP contribution in [0.3, 0.4) is 0 Å². The number of methoxy groups -OCH3 is 1. The first kappa shape index (κ1) is 20.6. The van der Waals surface area contributed by atoms with Gasteiger partial charge in [-0.1, -0.05) is 36.2 Å². The molecule has 0 aliphatic carbocycles. The van der Waals surface area contributed by atoms with Crippen molar-refractivity contribution in [1.82, 2.24) is 19.3 Å². The Kier molecular flexibility index (Phi) is 5.98. The van der Waals surface area contributed by atoms with Crippen LogP contribution < -0.4 is 0 Å². The minimum Gasteiger partial charge on any atom is -0.464 e. The maximum Gasteiger partial charge on any atom is 0.357 e. The number of ether oxygens (including phenoxy) is 1. The van der Waals surface area contributed by atoms with Gasteiger partial charge in [0.2, 0.25) is 0 Å². The van der Waals surface area contributed by atoms with Crippen molar-refractivity contribution in [2.24, 2.45) is 7.05 Å². The van der Waals surface area contributed by atoms with Gasteiger partial charge in [0, 0.05) is 12.7 Å². The van der Waals surface area contributed by atoms with Crippen LogP contribution >= 0.6 is 35.4 Å². The fourth-order valence-electron chi connectivity index (χ4n) is 3.20. The zero-order valence-electron chi connectivity index (χ0n) is 15.9. The molecule has 3 aromatic rings. The van der Waals surface area contributed by atoms with E-state index in [0.29, 0.717) is 38.3 Å². The molecule has 1 unspecified atom stereocenters. The third kappa shape index (κ3) is 3.62. The predicted molar refractivity (Wildman–Crippen MR) is 113 cm³/mol. The molecule has 6 nitrogen and oxygen atoms in total. The van der Waals surface area contributed by atoms with Gasteiger partial charge in [-0.3, -0.25) is 4.68 Å². The molecule has 2 heterocycles. The normalized spacial score (nSPS) is 12.2. The minimum atomic E-state index is -0.496. The van der Waals surface area contributed by atoms with Crippen molar-refractivity contribution in [2.45, 2.75) is 26.3 Å². The summed E-state index contributed by atoms with van der Waals surface area (Å²) >= 11 is 17.8. The Balaban J connectivity index is 2.25. The summed E-state index contributed by atoms with van der Waals surface area (Å²) in [5.41, 5.74) is 3.31. The number of rotatable bonds is 5. The van der Waals surface area contributed by atoms with Gasteiger partial charge in [0.1, 0.15) is 5.69 Å². The molecule has 0 spiro atoms. The molecule has 0 radical (unpaired) electrons. The zero-order valence-corrected chi connectivity index (χ0v) is 18.2. The van der Waals surface area contributed by atoms with Crippen LogP contribution in [-0.2, 0) is 11.8 Å². The molecule has 0 fully saturated rings. The van der Waals surface area contributed by atoms with Gasteiger partial charge in [0.05, 0.1) is 28.9 Å². The first-order chi connectivity index (χ1) is 13.3. The number of aryl methyl sites for hydroxylation is 2. The summed E-state index contributed by atoms with van der Waals surface area (Å²) in [6.45, 7) is 3.94. The van der Waals surface area contributed by atoms with Gasteiger partial charge in [-0.15, -0.1) is 0 Å². The second kappa shape index (κ2) is 8.11. The number of imidazole rings is 1. The SMILES string of the molecule is CCC(c1ccc(Cl)c(Cl)c1)n1c(C(=O)OC)c(-c2cc(C)n(C)n2)[nH]c1=S. The standard InChI is InChI=1S/C19H20Cl2N4O2S/c1-5-15(11-6-7-12(20)13(21)9-11)25-17(18(26)27-4)16(22-19(25)28)14-8-10(2)24(3)23-14/h6-9,15H,5H2,1-4H3,(H,22,28). The second-order valence-corrected chi connectivity index (χ2v) is 7.61. The smallest absolute Gasteiger partial charge is 0.357 e. The monoisotopic (exact) mass is 438 g/mol. The zero-order chi connectivity index (χ0) is 20.6. The highest BCUT2D eigenvalue weighted by atomic mass is 35.5. The Morgan fingerprint density at radius 2 is 2.04 bits per heavy atom. The van der Waals surface area contributed by atoms with Gasteiger partial charge in [0.25, 0.3) is 0 Å². The first-order valence-electron chi connectivity index (χ1n) is 8.67. The van der Waals surface area contributed by atoms with Crippen LogP contribution in [0.1, 0.15) is 41.1 Å². The van der Waals surface area contributed by atoms with Gasteiger partial charge in [-0.2, -0.15) is 5.10 Å². The summed E-state index contributed by atoms with van der Waals surface area (Å²) in [7, 11) is 3.18. The predicted octanol–water partition coefficient (Wildman–Crippen LogP) is 5.35. The van der Waals surface area contributed by atoms with Crippen molar-refractivity contribution in [3.05, 3.63) is 56.0 Å². The van der Waals surface area contributed by atoms with E-state index in [4.69, 9.17) is 40.2 Å². The highest BCUT2D eigenvalue weighted by Gasteiger charge is 2.27. The Morgan fingerprint density at radius 3 is 2.57 bits per heavy atom. The molecule has 0 saturated carbocycles. The van der Waals surface area contributed by atoms with Crippen molar-refractivity contribution in [3.63, 3.8) is 0 Å². The summed E-state index contributed by atoms with van der Waals surface area (Å²) in [5.74, 6) is -0.496. The lowest BCUT2D eigenvalue weighted by atomic mass is 10.0. The molecule has 9 heteroatoms. The van der Waals surface area contributed by atoms with Crippen molar-refractivity contribution in [1.29, 1.82) is 0 Å². The van der Waals surface area contributed by atoms with Crippen molar-refractivity contribution < 1.29 is 9.53 Å². The van der Waals surface area contributed by atoms with Crippen LogP contribution in [0.2, 0.25) is 10.0 Å². The van der Waals surface area contributed by atoms with E-state index in [1.165, 1.54) is 7.11 Å². The van der Waals surface area contributed by atoms with E-state index < -0.39 is 5.97 Å². The Labute approximate surface area is 178 Å². The fourth-order valence-corrected chi connectivity index (χ4v) is 3.83. The van der Waals surface area contributed by atoms with Crippen molar-refractivity contribution in [2.75, 3.05) is 7.11 Å². The van der Waals surface area contributed by atoms with Crippen LogP contribution in [0, 0.1) is 11.7 Å². The lowest BCUT2D eigenvalue weighted by Gasteiger charge is -2.20. The van der Waals surface area contributed by atoms with E-state index in [1.807, 2.05) is 33.0 Å². The van der Waals surface area contributed by atoms with E-state index in [1.54, 1.807) is 21.4 Å². The number of esters is 1. The Morgan fingerprint density at radius 1 is 1.32 bits per heavy atom. The number of carbonyl (C=O) groups is 1. The van der Waals surface area contributed by atoms with Crippen LogP contribution in [0.15, 0.2) is 24.3 Å². The summed E-state index contributed by atoms with van der Waals surface area (Å²) in [4.78, 5) is 15.9. The van der Waals surface area contributed by atoms with Gasteiger partial charge < -0.3 is 14.3 Å². The summed E-state index contributed by atoms with van der Waals surface area (Å²) < 4.78 is 8.96. The Bertz CT molecular complexity index is 1080. The molecule has 1 atom stereocenters. The van der Waals surface area contributed by atoms with E-state index in [9.17, 15) is 4.79 Å². The average molecular weight is 439 g/mol. The van der Waals surface area contributed by atoms with Crippen molar-refractivity contribution >= 4 is 41.4 Å². The largest absolute Gasteiger partial charge is 0.464 e. The molecule has 0 saturated heterocycles. The quantitative estimate of drug-likeness (QED) is 0.430. The number of halogens is 2.